The first-order chi connectivity index (χ1) is 10.8. The molecule has 1 aliphatic carbocycles. The van der Waals surface area contributed by atoms with Crippen LogP contribution in [0.15, 0.2) is 30.3 Å². The summed E-state index contributed by atoms with van der Waals surface area (Å²) in [6.07, 6.45) is 6.05. The molecule has 0 spiro atoms. The number of rotatable bonds is 2. The number of benzene rings is 1. The molecule has 1 saturated carbocycles. The van der Waals surface area contributed by atoms with Crippen LogP contribution in [0.1, 0.15) is 38.5 Å². The van der Waals surface area contributed by atoms with E-state index in [0.717, 1.165) is 18.5 Å². The molecule has 1 aromatic carbocycles. The first kappa shape index (κ1) is 15.1. The Labute approximate surface area is 132 Å². The lowest BCUT2D eigenvalue weighted by Crippen LogP contribution is -2.39. The van der Waals surface area contributed by atoms with Gasteiger partial charge in [-0.25, -0.2) is 0 Å². The molecule has 0 unspecified atom stereocenters. The fraction of sp³-hybridized carbons (Fsp3) is 0.556. The molecule has 1 aliphatic heterocycles. The van der Waals surface area contributed by atoms with Gasteiger partial charge >= 0.3 is 0 Å². The maximum absolute atomic E-state index is 12.7. The van der Waals surface area contributed by atoms with Gasteiger partial charge in [-0.3, -0.25) is 9.59 Å². The topological polar surface area (TPSA) is 40.6 Å². The van der Waals surface area contributed by atoms with E-state index in [1.807, 2.05) is 40.1 Å². The van der Waals surface area contributed by atoms with Crippen molar-refractivity contribution in [1.29, 1.82) is 0 Å². The molecule has 1 heterocycles. The van der Waals surface area contributed by atoms with Crippen LogP contribution in [0.5, 0.6) is 0 Å². The van der Waals surface area contributed by atoms with Gasteiger partial charge in [0, 0.05) is 37.7 Å². The fourth-order valence-corrected chi connectivity index (χ4v) is 3.53. The lowest BCUT2D eigenvalue weighted by atomic mass is 9.88. The van der Waals surface area contributed by atoms with Crippen LogP contribution in [0.25, 0.3) is 0 Å². The van der Waals surface area contributed by atoms with Gasteiger partial charge in [0.05, 0.1) is 0 Å². The van der Waals surface area contributed by atoms with E-state index in [4.69, 9.17) is 0 Å². The van der Waals surface area contributed by atoms with Crippen LogP contribution in [-0.2, 0) is 9.59 Å². The van der Waals surface area contributed by atoms with Gasteiger partial charge in [-0.05, 0) is 25.0 Å². The molecule has 3 rings (SSSR count). The zero-order chi connectivity index (χ0) is 15.4. The molecule has 2 amide bonds. The zero-order valence-electron chi connectivity index (χ0n) is 13.0. The number of anilines is 1. The molecule has 1 saturated heterocycles. The van der Waals surface area contributed by atoms with Crippen LogP contribution >= 0.6 is 0 Å². The summed E-state index contributed by atoms with van der Waals surface area (Å²) in [7, 11) is 0. The van der Waals surface area contributed by atoms with E-state index in [1.165, 1.54) is 19.3 Å². The largest absolute Gasteiger partial charge is 0.340 e. The van der Waals surface area contributed by atoms with Crippen LogP contribution in [0.4, 0.5) is 5.69 Å². The van der Waals surface area contributed by atoms with Gasteiger partial charge in [0.25, 0.3) is 0 Å². The second-order valence-electron chi connectivity index (χ2n) is 6.29. The Morgan fingerprint density at radius 1 is 0.955 bits per heavy atom. The van der Waals surface area contributed by atoms with Crippen molar-refractivity contribution < 1.29 is 9.59 Å². The smallest absolute Gasteiger partial charge is 0.228 e. The van der Waals surface area contributed by atoms with Crippen molar-refractivity contribution in [3.63, 3.8) is 0 Å². The average molecular weight is 300 g/mol. The van der Waals surface area contributed by atoms with Gasteiger partial charge in [-0.1, -0.05) is 37.5 Å². The van der Waals surface area contributed by atoms with Gasteiger partial charge in [-0.15, -0.1) is 0 Å². The number of carbonyl (C=O) groups excluding carboxylic acids is 2. The third kappa shape index (κ3) is 3.32. The molecule has 2 aliphatic rings. The third-order valence-electron chi connectivity index (χ3n) is 4.82. The summed E-state index contributed by atoms with van der Waals surface area (Å²) in [5.41, 5.74) is 0.930. The van der Waals surface area contributed by atoms with Gasteiger partial charge in [0.2, 0.25) is 11.8 Å². The highest BCUT2D eigenvalue weighted by molar-refractivity contribution is 5.94. The van der Waals surface area contributed by atoms with E-state index < -0.39 is 0 Å². The Bertz CT molecular complexity index is 523. The van der Waals surface area contributed by atoms with E-state index in [-0.39, 0.29) is 17.7 Å². The highest BCUT2D eigenvalue weighted by Gasteiger charge is 2.29. The summed E-state index contributed by atoms with van der Waals surface area (Å²) in [4.78, 5) is 28.7. The minimum absolute atomic E-state index is 0.116. The Balaban J connectivity index is 1.66. The summed E-state index contributed by atoms with van der Waals surface area (Å²) in [5, 5.41) is 0. The molecule has 1 aromatic rings. The van der Waals surface area contributed by atoms with Crippen LogP contribution in [0.2, 0.25) is 0 Å². The number of nitrogens with zero attached hydrogens (tertiary/aromatic N) is 2. The van der Waals surface area contributed by atoms with E-state index in [1.54, 1.807) is 0 Å². The van der Waals surface area contributed by atoms with Crippen molar-refractivity contribution >= 4 is 17.5 Å². The van der Waals surface area contributed by atoms with Crippen LogP contribution in [0.3, 0.4) is 0 Å². The minimum atomic E-state index is 0.116. The van der Waals surface area contributed by atoms with E-state index in [9.17, 15) is 9.59 Å². The molecule has 0 atom stereocenters. The summed E-state index contributed by atoms with van der Waals surface area (Å²) < 4.78 is 0. The van der Waals surface area contributed by atoms with E-state index >= 15 is 0 Å². The van der Waals surface area contributed by atoms with Crippen LogP contribution in [0, 0.1) is 5.92 Å². The Hall–Kier alpha value is -1.84. The minimum Gasteiger partial charge on any atom is -0.340 e. The molecule has 0 aromatic heterocycles. The van der Waals surface area contributed by atoms with Crippen molar-refractivity contribution in [2.75, 3.05) is 24.5 Å². The molecule has 4 heteroatoms. The number of hydrogen-bond donors (Lipinski definition) is 0. The molecular weight excluding hydrogens is 276 g/mol. The normalized spacial score (nSPS) is 20.8. The summed E-state index contributed by atoms with van der Waals surface area (Å²) >= 11 is 0. The highest BCUT2D eigenvalue weighted by Crippen LogP contribution is 2.26. The van der Waals surface area contributed by atoms with Gasteiger partial charge in [-0.2, -0.15) is 0 Å². The summed E-state index contributed by atoms with van der Waals surface area (Å²) in [5.74, 6) is 0.569. The molecule has 0 bridgehead atoms. The van der Waals surface area contributed by atoms with Crippen LogP contribution < -0.4 is 4.90 Å². The maximum atomic E-state index is 12.7. The number of amides is 2. The molecule has 2 fully saturated rings. The molecule has 22 heavy (non-hydrogen) atoms. The summed E-state index contributed by atoms with van der Waals surface area (Å²) in [6.45, 7) is 1.81. The first-order valence-electron chi connectivity index (χ1n) is 8.40. The van der Waals surface area contributed by atoms with Crippen LogP contribution in [-0.4, -0.2) is 36.3 Å². The average Bonchev–Trinajstić information content (AvgIpc) is 2.78. The lowest BCUT2D eigenvalue weighted by molar-refractivity contribution is -0.136. The summed E-state index contributed by atoms with van der Waals surface area (Å²) in [6, 6.07) is 9.74. The van der Waals surface area contributed by atoms with Crippen molar-refractivity contribution in [1.82, 2.24) is 4.90 Å². The van der Waals surface area contributed by atoms with Crippen molar-refractivity contribution in [3.05, 3.63) is 30.3 Å². The SMILES string of the molecule is O=C(C1CCCCC1)N1CCC(=O)N(c2ccccc2)CC1. The van der Waals surface area contributed by atoms with Crippen molar-refractivity contribution in [2.45, 2.75) is 38.5 Å². The van der Waals surface area contributed by atoms with E-state index in [2.05, 4.69) is 0 Å². The number of carbonyl (C=O) groups is 2. The van der Waals surface area contributed by atoms with Crippen molar-refractivity contribution in [3.8, 4) is 0 Å². The van der Waals surface area contributed by atoms with Gasteiger partial charge in [0.1, 0.15) is 0 Å². The monoisotopic (exact) mass is 300 g/mol. The maximum Gasteiger partial charge on any atom is 0.228 e. The second kappa shape index (κ2) is 6.95. The van der Waals surface area contributed by atoms with Crippen molar-refractivity contribution in [2.24, 2.45) is 5.92 Å². The second-order valence-corrected chi connectivity index (χ2v) is 6.29. The lowest BCUT2D eigenvalue weighted by Gasteiger charge is -2.28. The quantitative estimate of drug-likeness (QED) is 0.842. The molecule has 0 radical (unpaired) electrons. The number of para-hydroxylation sites is 1. The molecule has 4 nitrogen and oxygen atoms in total. The molecule has 0 N–H and O–H groups in total. The highest BCUT2D eigenvalue weighted by atomic mass is 16.2. The number of hydrogen-bond acceptors (Lipinski definition) is 2. The first-order valence-corrected chi connectivity index (χ1v) is 8.40. The predicted octanol–water partition coefficient (Wildman–Crippen LogP) is 2.83. The molecule has 118 valence electrons. The predicted molar refractivity (Wildman–Crippen MR) is 86.6 cm³/mol. The Morgan fingerprint density at radius 2 is 1.68 bits per heavy atom. The standard InChI is InChI=1S/C18H24N2O2/c21-17-11-12-19(18(22)15-7-3-1-4-8-15)13-14-20(17)16-9-5-2-6-10-16/h2,5-6,9-10,15H,1,3-4,7-8,11-14H2. The Morgan fingerprint density at radius 3 is 2.41 bits per heavy atom. The third-order valence-corrected chi connectivity index (χ3v) is 4.82. The van der Waals surface area contributed by atoms with Gasteiger partial charge in [0.15, 0.2) is 0 Å². The fourth-order valence-electron chi connectivity index (χ4n) is 3.53. The Kier molecular flexibility index (Phi) is 4.76. The zero-order valence-corrected chi connectivity index (χ0v) is 13.0. The van der Waals surface area contributed by atoms with Gasteiger partial charge < -0.3 is 9.80 Å². The van der Waals surface area contributed by atoms with E-state index in [0.29, 0.717) is 26.1 Å². The molecular formula is C18H24N2O2.